The second kappa shape index (κ2) is 6.12. The van der Waals surface area contributed by atoms with Gasteiger partial charge >= 0.3 is 5.00 Å². The molecule has 1 aliphatic heterocycles. The first-order valence-corrected chi connectivity index (χ1v) is 6.20. The van der Waals surface area contributed by atoms with E-state index in [1.807, 2.05) is 0 Å². The van der Waals surface area contributed by atoms with Crippen LogP contribution in [0.2, 0.25) is 0 Å². The van der Waals surface area contributed by atoms with Crippen molar-refractivity contribution in [3.8, 4) is 0 Å². The third-order valence-electron chi connectivity index (χ3n) is 2.89. The predicted octanol–water partition coefficient (Wildman–Crippen LogP) is 1.64. The molecule has 8 heteroatoms. The first-order valence-electron chi connectivity index (χ1n) is 5.38. The van der Waals surface area contributed by atoms with Crippen LogP contribution in [0.1, 0.15) is 22.5 Å². The lowest BCUT2D eigenvalue weighted by Gasteiger charge is -2.22. The Morgan fingerprint density at radius 1 is 1.61 bits per heavy atom. The Labute approximate surface area is 114 Å². The van der Waals surface area contributed by atoms with Crippen LogP contribution in [-0.2, 0) is 0 Å². The van der Waals surface area contributed by atoms with Gasteiger partial charge in [-0.05, 0) is 18.9 Å². The number of nitrogens with two attached hydrogens (primary N) is 1. The van der Waals surface area contributed by atoms with Crippen LogP contribution in [0.25, 0.3) is 0 Å². The van der Waals surface area contributed by atoms with Gasteiger partial charge in [0.25, 0.3) is 5.91 Å². The molecule has 0 aromatic carbocycles. The van der Waals surface area contributed by atoms with Crippen molar-refractivity contribution in [1.29, 1.82) is 0 Å². The van der Waals surface area contributed by atoms with Gasteiger partial charge in [-0.15, -0.1) is 12.4 Å². The maximum Gasteiger partial charge on any atom is 0.324 e. The molecule has 1 fully saturated rings. The molecule has 2 heterocycles. The SMILES string of the molecule is Cl.NCC1CCCN1C(=O)c1ccc([N+](=O)[O-])s1. The molecule has 1 amide bonds. The van der Waals surface area contributed by atoms with Crippen LogP contribution >= 0.6 is 23.7 Å². The highest BCUT2D eigenvalue weighted by atomic mass is 35.5. The number of likely N-dealkylation sites (tertiary alicyclic amines) is 1. The lowest BCUT2D eigenvalue weighted by molar-refractivity contribution is -0.380. The number of hydrogen-bond acceptors (Lipinski definition) is 5. The molecular formula is C10H14ClN3O3S. The lowest BCUT2D eigenvalue weighted by atomic mass is 10.2. The first kappa shape index (κ1) is 14.9. The molecule has 0 saturated carbocycles. The van der Waals surface area contributed by atoms with E-state index in [1.54, 1.807) is 4.90 Å². The van der Waals surface area contributed by atoms with Gasteiger partial charge in [-0.3, -0.25) is 14.9 Å². The average Bonchev–Trinajstić information content (AvgIpc) is 2.96. The van der Waals surface area contributed by atoms with Gasteiger partial charge in [-0.1, -0.05) is 11.3 Å². The summed E-state index contributed by atoms with van der Waals surface area (Å²) in [6.45, 7) is 1.13. The summed E-state index contributed by atoms with van der Waals surface area (Å²) in [5.74, 6) is -0.143. The number of thiophene rings is 1. The van der Waals surface area contributed by atoms with E-state index in [0.717, 1.165) is 24.2 Å². The van der Waals surface area contributed by atoms with Crippen molar-refractivity contribution in [1.82, 2.24) is 4.90 Å². The number of carbonyl (C=O) groups is 1. The molecule has 1 unspecified atom stereocenters. The minimum atomic E-state index is -0.480. The molecule has 1 aromatic rings. The molecule has 1 saturated heterocycles. The van der Waals surface area contributed by atoms with Gasteiger partial charge in [0.05, 0.1) is 9.80 Å². The molecule has 0 radical (unpaired) electrons. The third kappa shape index (κ3) is 2.80. The van der Waals surface area contributed by atoms with Crippen molar-refractivity contribution in [2.24, 2.45) is 5.73 Å². The molecular weight excluding hydrogens is 278 g/mol. The Kier molecular flexibility index (Phi) is 5.06. The van der Waals surface area contributed by atoms with Crippen molar-refractivity contribution in [3.05, 3.63) is 27.1 Å². The summed E-state index contributed by atoms with van der Waals surface area (Å²) < 4.78 is 0. The van der Waals surface area contributed by atoms with Gasteiger partial charge in [-0.2, -0.15) is 0 Å². The van der Waals surface area contributed by atoms with E-state index in [4.69, 9.17) is 5.73 Å². The summed E-state index contributed by atoms with van der Waals surface area (Å²) in [6.07, 6.45) is 1.86. The summed E-state index contributed by atoms with van der Waals surface area (Å²) in [6, 6.07) is 2.95. The van der Waals surface area contributed by atoms with Gasteiger partial charge in [0, 0.05) is 25.2 Å². The van der Waals surface area contributed by atoms with Crippen LogP contribution in [0.15, 0.2) is 12.1 Å². The molecule has 100 valence electrons. The third-order valence-corrected chi connectivity index (χ3v) is 3.92. The van der Waals surface area contributed by atoms with Crippen LogP contribution < -0.4 is 5.73 Å². The van der Waals surface area contributed by atoms with Gasteiger partial charge in [0.1, 0.15) is 0 Å². The quantitative estimate of drug-likeness (QED) is 0.677. The molecule has 0 bridgehead atoms. The van der Waals surface area contributed by atoms with Gasteiger partial charge in [0.2, 0.25) is 0 Å². The Morgan fingerprint density at radius 2 is 2.33 bits per heavy atom. The number of hydrogen-bond donors (Lipinski definition) is 1. The van der Waals surface area contributed by atoms with E-state index in [0.29, 0.717) is 18.0 Å². The van der Waals surface area contributed by atoms with E-state index < -0.39 is 4.92 Å². The van der Waals surface area contributed by atoms with Crippen LogP contribution in [0.3, 0.4) is 0 Å². The summed E-state index contributed by atoms with van der Waals surface area (Å²) in [7, 11) is 0. The molecule has 6 nitrogen and oxygen atoms in total. The van der Waals surface area contributed by atoms with E-state index in [9.17, 15) is 14.9 Å². The molecule has 1 aliphatic rings. The Bertz CT molecular complexity index is 451. The lowest BCUT2D eigenvalue weighted by Crippen LogP contribution is -2.39. The molecule has 18 heavy (non-hydrogen) atoms. The second-order valence-electron chi connectivity index (χ2n) is 3.93. The zero-order valence-corrected chi connectivity index (χ0v) is 11.2. The minimum Gasteiger partial charge on any atom is -0.334 e. The molecule has 2 rings (SSSR count). The van der Waals surface area contributed by atoms with Crippen LogP contribution in [-0.4, -0.2) is 34.9 Å². The van der Waals surface area contributed by atoms with E-state index >= 15 is 0 Å². The number of rotatable bonds is 3. The number of amides is 1. The number of halogens is 1. The topological polar surface area (TPSA) is 89.5 Å². The van der Waals surface area contributed by atoms with Crippen molar-refractivity contribution in [2.75, 3.05) is 13.1 Å². The standard InChI is InChI=1S/C10H13N3O3S.ClH/c11-6-7-2-1-5-12(7)10(14)8-3-4-9(17-8)13(15)16;/h3-4,7H,1-2,5-6,11H2;1H. The Hall–Kier alpha value is -1.18. The number of carbonyl (C=O) groups excluding carboxylic acids is 1. The van der Waals surface area contributed by atoms with Gasteiger partial charge in [-0.25, -0.2) is 0 Å². The highest BCUT2D eigenvalue weighted by molar-refractivity contribution is 7.17. The summed E-state index contributed by atoms with van der Waals surface area (Å²) in [4.78, 5) is 24.3. The Morgan fingerprint density at radius 3 is 2.89 bits per heavy atom. The first-order chi connectivity index (χ1) is 8.13. The van der Waals surface area contributed by atoms with Gasteiger partial charge < -0.3 is 10.6 Å². The van der Waals surface area contributed by atoms with Crippen molar-refractivity contribution < 1.29 is 9.72 Å². The fourth-order valence-corrected chi connectivity index (χ4v) is 2.81. The highest BCUT2D eigenvalue weighted by Crippen LogP contribution is 2.27. The molecule has 2 N–H and O–H groups in total. The summed E-state index contributed by atoms with van der Waals surface area (Å²) >= 11 is 0.917. The molecule has 0 spiro atoms. The fraction of sp³-hybridized carbons (Fsp3) is 0.500. The zero-order valence-electron chi connectivity index (χ0n) is 9.57. The van der Waals surface area contributed by atoms with E-state index in [-0.39, 0.29) is 29.4 Å². The van der Waals surface area contributed by atoms with E-state index in [2.05, 4.69) is 0 Å². The molecule has 1 aromatic heterocycles. The normalized spacial score (nSPS) is 18.5. The average molecular weight is 292 g/mol. The highest BCUT2D eigenvalue weighted by Gasteiger charge is 2.29. The van der Waals surface area contributed by atoms with Crippen LogP contribution in [0.5, 0.6) is 0 Å². The Balaban J connectivity index is 0.00000162. The van der Waals surface area contributed by atoms with Crippen LogP contribution in [0, 0.1) is 10.1 Å². The largest absolute Gasteiger partial charge is 0.334 e. The maximum absolute atomic E-state index is 12.1. The maximum atomic E-state index is 12.1. The monoisotopic (exact) mass is 291 g/mol. The molecule has 0 aliphatic carbocycles. The summed E-state index contributed by atoms with van der Waals surface area (Å²) in [5.41, 5.74) is 5.59. The number of nitrogens with zero attached hydrogens (tertiary/aromatic N) is 2. The van der Waals surface area contributed by atoms with Crippen molar-refractivity contribution >= 4 is 34.7 Å². The van der Waals surface area contributed by atoms with Crippen molar-refractivity contribution in [3.63, 3.8) is 0 Å². The van der Waals surface area contributed by atoms with Crippen molar-refractivity contribution in [2.45, 2.75) is 18.9 Å². The van der Waals surface area contributed by atoms with Crippen LogP contribution in [0.4, 0.5) is 5.00 Å². The fourth-order valence-electron chi connectivity index (χ4n) is 2.03. The second-order valence-corrected chi connectivity index (χ2v) is 4.99. The predicted molar refractivity (Wildman–Crippen MR) is 71.3 cm³/mol. The summed E-state index contributed by atoms with van der Waals surface area (Å²) in [5, 5.41) is 10.5. The number of nitro groups is 1. The van der Waals surface area contributed by atoms with Gasteiger partial charge in [0.15, 0.2) is 0 Å². The molecule has 1 atom stereocenters. The smallest absolute Gasteiger partial charge is 0.324 e. The minimum absolute atomic E-state index is 0. The van der Waals surface area contributed by atoms with E-state index in [1.165, 1.54) is 12.1 Å². The zero-order chi connectivity index (χ0) is 12.4.